The van der Waals surface area contributed by atoms with Crippen molar-refractivity contribution in [3.05, 3.63) is 41.1 Å². The second kappa shape index (κ2) is 7.25. The predicted octanol–water partition coefficient (Wildman–Crippen LogP) is 4.60. The third-order valence-electron chi connectivity index (χ3n) is 3.51. The van der Waals surface area contributed by atoms with E-state index in [1.807, 2.05) is 13.0 Å². The van der Waals surface area contributed by atoms with Gasteiger partial charge in [-0.05, 0) is 44.7 Å². The van der Waals surface area contributed by atoms with Crippen molar-refractivity contribution in [2.45, 2.75) is 41.0 Å². The summed E-state index contributed by atoms with van der Waals surface area (Å²) in [5, 5.41) is 6.69. The Morgan fingerprint density at radius 2 is 1.82 bits per heavy atom. The number of anilines is 3. The van der Waals surface area contributed by atoms with Gasteiger partial charge in [-0.15, -0.1) is 0 Å². The van der Waals surface area contributed by atoms with Crippen molar-refractivity contribution in [2.75, 3.05) is 17.2 Å². The molecule has 1 aromatic carbocycles. The Morgan fingerprint density at radius 1 is 1.05 bits per heavy atom. The van der Waals surface area contributed by atoms with Gasteiger partial charge in [0.05, 0.1) is 0 Å². The van der Waals surface area contributed by atoms with Gasteiger partial charge in [-0.25, -0.2) is 4.98 Å². The zero-order valence-corrected chi connectivity index (χ0v) is 14.2. The Morgan fingerprint density at radius 3 is 2.50 bits per heavy atom. The van der Waals surface area contributed by atoms with Gasteiger partial charge >= 0.3 is 0 Å². The predicted molar refractivity (Wildman–Crippen MR) is 93.9 cm³/mol. The summed E-state index contributed by atoms with van der Waals surface area (Å²) in [6.07, 6.45) is 1.13. The molecule has 2 rings (SSSR count). The molecule has 0 amide bonds. The van der Waals surface area contributed by atoms with Crippen LogP contribution < -0.4 is 10.6 Å². The molecule has 2 N–H and O–H groups in total. The number of hydrogen-bond acceptors (Lipinski definition) is 4. The van der Waals surface area contributed by atoms with E-state index in [2.05, 4.69) is 66.5 Å². The van der Waals surface area contributed by atoms with Gasteiger partial charge in [0, 0.05) is 24.0 Å². The molecule has 1 aromatic heterocycles. The van der Waals surface area contributed by atoms with Crippen molar-refractivity contribution < 1.29 is 0 Å². The van der Waals surface area contributed by atoms with Gasteiger partial charge in [0.1, 0.15) is 5.82 Å². The fourth-order valence-corrected chi connectivity index (χ4v) is 2.28. The number of benzene rings is 1. The Kier molecular flexibility index (Phi) is 5.36. The van der Waals surface area contributed by atoms with Gasteiger partial charge in [-0.1, -0.05) is 31.5 Å². The highest BCUT2D eigenvalue weighted by Gasteiger charge is 2.05. The molecule has 0 radical (unpaired) electrons. The molecule has 1 heterocycles. The van der Waals surface area contributed by atoms with Crippen LogP contribution in [0, 0.1) is 26.7 Å². The zero-order chi connectivity index (χ0) is 16.1. The molecular weight excluding hydrogens is 272 g/mol. The lowest BCUT2D eigenvalue weighted by Gasteiger charge is -2.12. The van der Waals surface area contributed by atoms with E-state index in [4.69, 9.17) is 0 Å². The van der Waals surface area contributed by atoms with E-state index >= 15 is 0 Å². The number of nitrogens with one attached hydrogen (secondary N) is 2. The highest BCUT2D eigenvalue weighted by Crippen LogP contribution is 2.20. The van der Waals surface area contributed by atoms with Gasteiger partial charge in [0.25, 0.3) is 0 Å². The van der Waals surface area contributed by atoms with E-state index < -0.39 is 0 Å². The van der Waals surface area contributed by atoms with Crippen molar-refractivity contribution in [1.82, 2.24) is 9.97 Å². The highest BCUT2D eigenvalue weighted by atomic mass is 15.1. The fourth-order valence-electron chi connectivity index (χ4n) is 2.28. The van der Waals surface area contributed by atoms with Crippen molar-refractivity contribution in [1.29, 1.82) is 0 Å². The molecule has 22 heavy (non-hydrogen) atoms. The first-order chi connectivity index (χ1) is 10.4. The lowest BCUT2D eigenvalue weighted by molar-refractivity contribution is 0.606. The van der Waals surface area contributed by atoms with Crippen molar-refractivity contribution in [3.63, 3.8) is 0 Å². The second-order valence-corrected chi connectivity index (χ2v) is 6.27. The normalized spacial score (nSPS) is 10.8. The van der Waals surface area contributed by atoms with Crippen LogP contribution in [0.2, 0.25) is 0 Å². The van der Waals surface area contributed by atoms with Gasteiger partial charge in [0.15, 0.2) is 0 Å². The maximum atomic E-state index is 4.56. The molecule has 118 valence electrons. The number of aromatic nitrogens is 2. The largest absolute Gasteiger partial charge is 0.370 e. The summed E-state index contributed by atoms with van der Waals surface area (Å²) in [4.78, 5) is 9.03. The Hall–Kier alpha value is -2.10. The zero-order valence-electron chi connectivity index (χ0n) is 14.2. The summed E-state index contributed by atoms with van der Waals surface area (Å²) >= 11 is 0. The minimum atomic E-state index is 0.638. The van der Waals surface area contributed by atoms with E-state index in [1.54, 1.807) is 0 Å². The Labute approximate surface area is 133 Å². The lowest BCUT2D eigenvalue weighted by Crippen LogP contribution is -2.08. The summed E-state index contributed by atoms with van der Waals surface area (Å²) in [7, 11) is 0. The molecule has 4 nitrogen and oxygen atoms in total. The highest BCUT2D eigenvalue weighted by molar-refractivity contribution is 5.60. The van der Waals surface area contributed by atoms with E-state index in [1.165, 1.54) is 11.1 Å². The average Bonchev–Trinajstić information content (AvgIpc) is 2.41. The van der Waals surface area contributed by atoms with Gasteiger partial charge in [-0.2, -0.15) is 4.98 Å². The first-order valence-electron chi connectivity index (χ1n) is 7.88. The summed E-state index contributed by atoms with van der Waals surface area (Å²) < 4.78 is 0. The number of hydrogen-bond donors (Lipinski definition) is 2. The molecule has 0 saturated heterocycles. The summed E-state index contributed by atoms with van der Waals surface area (Å²) in [6.45, 7) is 11.5. The number of rotatable bonds is 6. The van der Waals surface area contributed by atoms with Crippen LogP contribution in [0.1, 0.15) is 37.1 Å². The lowest BCUT2D eigenvalue weighted by atomic mass is 10.1. The summed E-state index contributed by atoms with van der Waals surface area (Å²) in [5.41, 5.74) is 4.45. The fraction of sp³-hybridized carbons (Fsp3) is 0.444. The molecule has 0 saturated carbocycles. The van der Waals surface area contributed by atoms with Crippen LogP contribution in [-0.4, -0.2) is 16.5 Å². The Bertz CT molecular complexity index is 635. The molecule has 4 heteroatoms. The number of nitrogens with zero attached hydrogens (tertiary/aromatic N) is 2. The van der Waals surface area contributed by atoms with E-state index in [-0.39, 0.29) is 0 Å². The molecule has 0 fully saturated rings. The Balaban J connectivity index is 2.12. The minimum Gasteiger partial charge on any atom is -0.370 e. The topological polar surface area (TPSA) is 49.8 Å². The maximum Gasteiger partial charge on any atom is 0.229 e. The third kappa shape index (κ3) is 4.72. The van der Waals surface area contributed by atoms with E-state index in [9.17, 15) is 0 Å². The van der Waals surface area contributed by atoms with Crippen LogP contribution in [0.25, 0.3) is 0 Å². The van der Waals surface area contributed by atoms with E-state index in [0.717, 1.165) is 30.2 Å². The first kappa shape index (κ1) is 16.3. The molecular formula is C18H26N4. The summed E-state index contributed by atoms with van der Waals surface area (Å²) in [5.74, 6) is 2.20. The summed E-state index contributed by atoms with van der Waals surface area (Å²) in [6, 6.07) is 8.29. The average molecular weight is 298 g/mol. The standard InChI is InChI=1S/C18H26N4/c1-12(2)8-9-19-17-11-15(5)20-18(22-17)21-16-7-6-13(3)10-14(16)4/h6-7,10-12H,8-9H2,1-5H3,(H2,19,20,21,22). The molecule has 0 spiro atoms. The van der Waals surface area contributed by atoms with Gasteiger partial charge < -0.3 is 10.6 Å². The van der Waals surface area contributed by atoms with Crippen LogP contribution in [0.5, 0.6) is 0 Å². The first-order valence-corrected chi connectivity index (χ1v) is 7.88. The van der Waals surface area contributed by atoms with Gasteiger partial charge in [0.2, 0.25) is 5.95 Å². The molecule has 0 unspecified atom stereocenters. The van der Waals surface area contributed by atoms with Crippen molar-refractivity contribution in [2.24, 2.45) is 5.92 Å². The molecule has 0 bridgehead atoms. The SMILES string of the molecule is Cc1ccc(Nc2nc(C)cc(NCCC(C)C)n2)c(C)c1. The molecule has 2 aromatic rings. The van der Waals surface area contributed by atoms with Gasteiger partial charge in [-0.3, -0.25) is 0 Å². The molecule has 0 aliphatic rings. The number of aryl methyl sites for hydroxylation is 3. The van der Waals surface area contributed by atoms with E-state index in [0.29, 0.717) is 11.9 Å². The molecule has 0 aliphatic heterocycles. The second-order valence-electron chi connectivity index (χ2n) is 6.27. The maximum absolute atomic E-state index is 4.56. The molecule has 0 atom stereocenters. The van der Waals surface area contributed by atoms with Crippen LogP contribution >= 0.6 is 0 Å². The van der Waals surface area contributed by atoms with Crippen LogP contribution in [0.15, 0.2) is 24.3 Å². The molecule has 0 aliphatic carbocycles. The van der Waals surface area contributed by atoms with Crippen LogP contribution in [0.4, 0.5) is 17.5 Å². The smallest absolute Gasteiger partial charge is 0.229 e. The minimum absolute atomic E-state index is 0.638. The van der Waals surface area contributed by atoms with Crippen molar-refractivity contribution in [3.8, 4) is 0 Å². The van der Waals surface area contributed by atoms with Crippen molar-refractivity contribution >= 4 is 17.5 Å². The third-order valence-corrected chi connectivity index (χ3v) is 3.51. The monoisotopic (exact) mass is 298 g/mol. The van der Waals surface area contributed by atoms with Crippen LogP contribution in [-0.2, 0) is 0 Å². The quantitative estimate of drug-likeness (QED) is 0.818. The van der Waals surface area contributed by atoms with Crippen LogP contribution in [0.3, 0.4) is 0 Å².